The van der Waals surface area contributed by atoms with Crippen LogP contribution >= 0.6 is 11.6 Å². The zero-order valence-electron chi connectivity index (χ0n) is 11.8. The van der Waals surface area contributed by atoms with E-state index in [0.717, 1.165) is 24.3 Å². The highest BCUT2D eigenvalue weighted by molar-refractivity contribution is 6.30. The van der Waals surface area contributed by atoms with Crippen LogP contribution in [0.25, 0.3) is 0 Å². The number of hydrogen-bond donors (Lipinski definition) is 1. The van der Waals surface area contributed by atoms with E-state index in [1.165, 1.54) is 12.8 Å². The molecule has 0 saturated carbocycles. The van der Waals surface area contributed by atoms with E-state index in [1.807, 2.05) is 26.0 Å². The van der Waals surface area contributed by atoms with Crippen LogP contribution in [0.3, 0.4) is 0 Å². The zero-order chi connectivity index (χ0) is 13.8. The van der Waals surface area contributed by atoms with Crippen molar-refractivity contribution in [1.29, 1.82) is 0 Å². The quantitative estimate of drug-likeness (QED) is 0.907. The normalized spacial score (nSPS) is 19.5. The number of ether oxygens (including phenoxy) is 2. The number of hydrogen-bond acceptors (Lipinski definition) is 3. The van der Waals surface area contributed by atoms with E-state index in [9.17, 15) is 0 Å². The molecular weight excluding hydrogens is 262 g/mol. The third kappa shape index (κ3) is 3.54. The Morgan fingerprint density at radius 3 is 2.68 bits per heavy atom. The first-order chi connectivity index (χ1) is 9.11. The van der Waals surface area contributed by atoms with Crippen molar-refractivity contribution in [1.82, 2.24) is 5.32 Å². The fourth-order valence-electron chi connectivity index (χ4n) is 2.48. The van der Waals surface area contributed by atoms with Crippen LogP contribution in [0.2, 0.25) is 5.02 Å². The predicted octanol–water partition coefficient (Wildman–Crippen LogP) is 3.95. The van der Waals surface area contributed by atoms with Crippen molar-refractivity contribution >= 4 is 11.6 Å². The minimum Gasteiger partial charge on any atom is -0.493 e. The number of benzene rings is 1. The van der Waals surface area contributed by atoms with Crippen LogP contribution in [0, 0.1) is 0 Å². The van der Waals surface area contributed by atoms with E-state index in [2.05, 4.69) is 5.32 Å². The molecule has 0 radical (unpaired) electrons. The Morgan fingerprint density at radius 2 is 2.11 bits per heavy atom. The molecule has 1 aromatic carbocycles. The van der Waals surface area contributed by atoms with E-state index in [4.69, 9.17) is 21.1 Å². The van der Waals surface area contributed by atoms with Crippen molar-refractivity contribution in [2.45, 2.75) is 45.3 Å². The van der Waals surface area contributed by atoms with Gasteiger partial charge in [-0.3, -0.25) is 0 Å². The molecule has 1 heterocycles. The minimum atomic E-state index is 0.109. The first kappa shape index (κ1) is 14.5. The maximum absolute atomic E-state index is 6.19. The fraction of sp³-hybridized carbons (Fsp3) is 0.600. The molecule has 1 atom stereocenters. The van der Waals surface area contributed by atoms with Gasteiger partial charge >= 0.3 is 0 Å². The van der Waals surface area contributed by atoms with Crippen LogP contribution in [0.15, 0.2) is 12.1 Å². The molecule has 1 aliphatic rings. The maximum atomic E-state index is 6.19. The van der Waals surface area contributed by atoms with Crippen molar-refractivity contribution in [3.63, 3.8) is 0 Å². The number of halogens is 1. The van der Waals surface area contributed by atoms with Gasteiger partial charge in [-0.1, -0.05) is 18.0 Å². The van der Waals surface area contributed by atoms with E-state index in [-0.39, 0.29) is 6.10 Å². The Kier molecular flexibility index (Phi) is 4.94. The standard InChI is InChI=1S/C15H22ClNO2/c1-10(2)19-15-12(13-6-4-5-7-17-13)8-11(16)9-14(15)18-3/h8-10,13,17H,4-7H2,1-3H3. The molecule has 0 bridgehead atoms. The molecule has 0 aromatic heterocycles. The van der Waals surface area contributed by atoms with E-state index in [1.54, 1.807) is 7.11 Å². The maximum Gasteiger partial charge on any atom is 0.166 e. The van der Waals surface area contributed by atoms with Gasteiger partial charge in [0.05, 0.1) is 13.2 Å². The van der Waals surface area contributed by atoms with Gasteiger partial charge in [-0.05, 0) is 39.3 Å². The molecule has 1 fully saturated rings. The lowest BCUT2D eigenvalue weighted by atomic mass is 9.96. The Hall–Kier alpha value is -0.930. The van der Waals surface area contributed by atoms with Crippen LogP contribution in [-0.4, -0.2) is 19.8 Å². The summed E-state index contributed by atoms with van der Waals surface area (Å²) >= 11 is 6.19. The van der Waals surface area contributed by atoms with E-state index >= 15 is 0 Å². The van der Waals surface area contributed by atoms with Gasteiger partial charge in [0.2, 0.25) is 0 Å². The lowest BCUT2D eigenvalue weighted by Crippen LogP contribution is -2.27. The summed E-state index contributed by atoms with van der Waals surface area (Å²) in [4.78, 5) is 0. The second-order valence-electron chi connectivity index (χ2n) is 5.20. The SMILES string of the molecule is COc1cc(Cl)cc(C2CCCCN2)c1OC(C)C. The van der Waals surface area contributed by atoms with Crippen LogP contribution in [0.5, 0.6) is 11.5 Å². The molecule has 0 aliphatic carbocycles. The summed E-state index contributed by atoms with van der Waals surface area (Å²) in [5.41, 5.74) is 1.11. The molecular formula is C15H22ClNO2. The van der Waals surface area contributed by atoms with Gasteiger partial charge in [0.15, 0.2) is 11.5 Å². The van der Waals surface area contributed by atoms with Gasteiger partial charge in [0, 0.05) is 22.7 Å². The monoisotopic (exact) mass is 283 g/mol. The lowest BCUT2D eigenvalue weighted by Gasteiger charge is -2.27. The van der Waals surface area contributed by atoms with Crippen molar-refractivity contribution in [3.05, 3.63) is 22.7 Å². The first-order valence-corrected chi connectivity index (χ1v) is 7.27. The lowest BCUT2D eigenvalue weighted by molar-refractivity contribution is 0.223. The molecule has 1 aromatic rings. The summed E-state index contributed by atoms with van der Waals surface area (Å²) in [6.45, 7) is 5.08. The average molecular weight is 284 g/mol. The van der Waals surface area contributed by atoms with Crippen molar-refractivity contribution < 1.29 is 9.47 Å². The zero-order valence-corrected chi connectivity index (χ0v) is 12.6. The Labute approximate surface area is 120 Å². The second-order valence-corrected chi connectivity index (χ2v) is 5.63. The van der Waals surface area contributed by atoms with E-state index < -0.39 is 0 Å². The number of piperidine rings is 1. The first-order valence-electron chi connectivity index (χ1n) is 6.89. The average Bonchev–Trinajstić information content (AvgIpc) is 2.40. The Morgan fingerprint density at radius 1 is 1.32 bits per heavy atom. The molecule has 1 N–H and O–H groups in total. The topological polar surface area (TPSA) is 30.5 Å². The molecule has 1 saturated heterocycles. The highest BCUT2D eigenvalue weighted by Crippen LogP contribution is 2.40. The highest BCUT2D eigenvalue weighted by Gasteiger charge is 2.23. The van der Waals surface area contributed by atoms with E-state index in [0.29, 0.717) is 16.8 Å². The largest absolute Gasteiger partial charge is 0.493 e. The summed E-state index contributed by atoms with van der Waals surface area (Å²) in [7, 11) is 1.65. The van der Waals surface area contributed by atoms with Crippen molar-refractivity contribution in [2.75, 3.05) is 13.7 Å². The van der Waals surface area contributed by atoms with Crippen molar-refractivity contribution in [2.24, 2.45) is 0 Å². The summed E-state index contributed by atoms with van der Waals surface area (Å²) in [6.07, 6.45) is 3.68. The third-order valence-corrected chi connectivity index (χ3v) is 3.53. The van der Waals surface area contributed by atoms with Gasteiger partial charge in [0.25, 0.3) is 0 Å². The highest BCUT2D eigenvalue weighted by atomic mass is 35.5. The van der Waals surface area contributed by atoms with Crippen LogP contribution < -0.4 is 14.8 Å². The van der Waals surface area contributed by atoms with Crippen LogP contribution in [0.4, 0.5) is 0 Å². The summed E-state index contributed by atoms with van der Waals surface area (Å²) in [5, 5.41) is 4.22. The molecule has 1 unspecified atom stereocenters. The van der Waals surface area contributed by atoms with Gasteiger partial charge in [0.1, 0.15) is 0 Å². The molecule has 3 nitrogen and oxygen atoms in total. The van der Waals surface area contributed by atoms with Gasteiger partial charge in [-0.15, -0.1) is 0 Å². The summed E-state index contributed by atoms with van der Waals surface area (Å²) in [5.74, 6) is 1.53. The minimum absolute atomic E-state index is 0.109. The second kappa shape index (κ2) is 6.49. The Bertz CT molecular complexity index is 428. The number of nitrogens with one attached hydrogen (secondary N) is 1. The Balaban J connectivity index is 2.40. The summed E-state index contributed by atoms with van der Waals surface area (Å²) < 4.78 is 11.4. The molecule has 0 spiro atoms. The number of rotatable bonds is 4. The fourth-order valence-corrected chi connectivity index (χ4v) is 2.70. The predicted molar refractivity (Wildman–Crippen MR) is 78.4 cm³/mol. The van der Waals surface area contributed by atoms with Gasteiger partial charge in [-0.2, -0.15) is 0 Å². The number of methoxy groups -OCH3 is 1. The smallest absolute Gasteiger partial charge is 0.166 e. The molecule has 0 amide bonds. The van der Waals surface area contributed by atoms with Crippen molar-refractivity contribution in [3.8, 4) is 11.5 Å². The van der Waals surface area contributed by atoms with Gasteiger partial charge < -0.3 is 14.8 Å². The van der Waals surface area contributed by atoms with Crippen LogP contribution in [0.1, 0.15) is 44.7 Å². The third-order valence-electron chi connectivity index (χ3n) is 3.31. The van der Waals surface area contributed by atoms with Gasteiger partial charge in [-0.25, -0.2) is 0 Å². The molecule has 1 aliphatic heterocycles. The molecule has 4 heteroatoms. The molecule has 19 heavy (non-hydrogen) atoms. The summed E-state index contributed by atoms with van der Waals surface area (Å²) in [6, 6.07) is 4.10. The van der Waals surface area contributed by atoms with Crippen LogP contribution in [-0.2, 0) is 0 Å². The molecule has 2 rings (SSSR count). The molecule has 106 valence electrons.